The Morgan fingerprint density at radius 3 is 2.76 bits per heavy atom. The van der Waals surface area contributed by atoms with Crippen LogP contribution in [0.25, 0.3) is 0 Å². The highest BCUT2D eigenvalue weighted by Gasteiger charge is 2.14. The molecule has 0 saturated heterocycles. The molecule has 21 heavy (non-hydrogen) atoms. The van der Waals surface area contributed by atoms with Crippen molar-refractivity contribution in [3.05, 3.63) is 42.1 Å². The number of carbonyl (C=O) groups excluding carboxylic acids is 1. The lowest BCUT2D eigenvalue weighted by atomic mass is 10.2. The van der Waals surface area contributed by atoms with Gasteiger partial charge in [-0.15, -0.1) is 0 Å². The summed E-state index contributed by atoms with van der Waals surface area (Å²) in [5.74, 6) is -0.0613. The fraction of sp³-hybridized carbons (Fsp3) is 0.200. The van der Waals surface area contributed by atoms with Gasteiger partial charge in [-0.3, -0.25) is 0 Å². The van der Waals surface area contributed by atoms with Gasteiger partial charge in [0, 0.05) is 31.7 Å². The molecule has 1 aromatic heterocycles. The standard InChI is InChI=1S/C15H18N4O2/c1-19(2)11-6-4-5-10(9-11)18-14-13(16)12(7-8-17-14)15(20)21-3/h4-9H,16H2,1-3H3,(H,17,18). The zero-order valence-corrected chi connectivity index (χ0v) is 12.3. The predicted octanol–water partition coefficient (Wildman–Crippen LogP) is 2.26. The molecule has 0 fully saturated rings. The molecule has 0 spiro atoms. The first kappa shape index (κ1) is 14.6. The number of rotatable bonds is 4. The van der Waals surface area contributed by atoms with E-state index >= 15 is 0 Å². The summed E-state index contributed by atoms with van der Waals surface area (Å²) in [6.07, 6.45) is 1.51. The van der Waals surface area contributed by atoms with Crippen molar-refractivity contribution < 1.29 is 9.53 Å². The largest absolute Gasteiger partial charge is 0.465 e. The summed E-state index contributed by atoms with van der Waals surface area (Å²) in [5.41, 5.74) is 8.40. The Hall–Kier alpha value is -2.76. The molecule has 0 radical (unpaired) electrons. The maximum atomic E-state index is 11.6. The van der Waals surface area contributed by atoms with Gasteiger partial charge in [0.25, 0.3) is 0 Å². The number of benzene rings is 1. The van der Waals surface area contributed by atoms with Crippen LogP contribution in [0.1, 0.15) is 10.4 Å². The van der Waals surface area contributed by atoms with Gasteiger partial charge < -0.3 is 20.7 Å². The van der Waals surface area contributed by atoms with Crippen molar-refractivity contribution >= 4 is 28.8 Å². The molecule has 2 rings (SSSR count). The minimum Gasteiger partial charge on any atom is -0.465 e. The Morgan fingerprint density at radius 2 is 2.10 bits per heavy atom. The molecule has 6 heteroatoms. The second-order valence-corrected chi connectivity index (χ2v) is 4.68. The lowest BCUT2D eigenvalue weighted by molar-refractivity contribution is 0.0602. The number of nitrogens with two attached hydrogens (primary N) is 1. The summed E-state index contributed by atoms with van der Waals surface area (Å²) in [6.45, 7) is 0. The SMILES string of the molecule is COC(=O)c1ccnc(Nc2cccc(N(C)C)c2)c1N. The highest BCUT2D eigenvalue weighted by atomic mass is 16.5. The number of esters is 1. The lowest BCUT2D eigenvalue weighted by Crippen LogP contribution is -2.10. The van der Waals surface area contributed by atoms with Crippen LogP contribution in [0.15, 0.2) is 36.5 Å². The summed E-state index contributed by atoms with van der Waals surface area (Å²) in [4.78, 5) is 17.8. The summed E-state index contributed by atoms with van der Waals surface area (Å²) in [6, 6.07) is 9.32. The first-order valence-corrected chi connectivity index (χ1v) is 6.40. The van der Waals surface area contributed by atoms with Gasteiger partial charge in [-0.2, -0.15) is 0 Å². The van der Waals surface area contributed by atoms with Crippen LogP contribution in [-0.4, -0.2) is 32.2 Å². The number of hydrogen-bond donors (Lipinski definition) is 2. The number of nitrogen functional groups attached to an aromatic ring is 1. The molecule has 0 aliphatic heterocycles. The van der Waals surface area contributed by atoms with E-state index in [0.29, 0.717) is 11.4 Å². The van der Waals surface area contributed by atoms with Gasteiger partial charge in [-0.1, -0.05) is 6.07 Å². The fourth-order valence-corrected chi connectivity index (χ4v) is 1.86. The highest BCUT2D eigenvalue weighted by molar-refractivity contribution is 5.97. The van der Waals surface area contributed by atoms with Crippen LogP contribution in [0.3, 0.4) is 0 Å². The van der Waals surface area contributed by atoms with Gasteiger partial charge in [0.05, 0.1) is 18.4 Å². The molecule has 0 amide bonds. The monoisotopic (exact) mass is 286 g/mol. The van der Waals surface area contributed by atoms with E-state index in [1.165, 1.54) is 19.4 Å². The molecular weight excluding hydrogens is 268 g/mol. The minimum absolute atomic E-state index is 0.264. The molecule has 0 aliphatic rings. The smallest absolute Gasteiger partial charge is 0.340 e. The van der Waals surface area contributed by atoms with E-state index in [1.54, 1.807) is 0 Å². The molecule has 1 aromatic carbocycles. The van der Waals surface area contributed by atoms with E-state index in [4.69, 9.17) is 10.5 Å². The average molecular weight is 286 g/mol. The topological polar surface area (TPSA) is 80.5 Å². The number of methoxy groups -OCH3 is 1. The minimum atomic E-state index is -0.486. The van der Waals surface area contributed by atoms with Crippen LogP contribution in [0.4, 0.5) is 22.9 Å². The number of nitrogens with zero attached hydrogens (tertiary/aromatic N) is 2. The molecule has 3 N–H and O–H groups in total. The molecule has 6 nitrogen and oxygen atoms in total. The van der Waals surface area contributed by atoms with E-state index in [2.05, 4.69) is 10.3 Å². The van der Waals surface area contributed by atoms with Crippen LogP contribution >= 0.6 is 0 Å². The number of pyridine rings is 1. The molecule has 0 bridgehead atoms. The third-order valence-electron chi connectivity index (χ3n) is 3.02. The Kier molecular flexibility index (Phi) is 4.27. The van der Waals surface area contributed by atoms with Gasteiger partial charge in [0.15, 0.2) is 5.82 Å². The quantitative estimate of drug-likeness (QED) is 0.839. The molecule has 0 unspecified atom stereocenters. The summed E-state index contributed by atoms with van der Waals surface area (Å²) >= 11 is 0. The number of hydrogen-bond acceptors (Lipinski definition) is 6. The van der Waals surface area contributed by atoms with Crippen molar-refractivity contribution in [2.45, 2.75) is 0 Å². The van der Waals surface area contributed by atoms with Crippen LogP contribution < -0.4 is 16.0 Å². The van der Waals surface area contributed by atoms with E-state index in [1.807, 2.05) is 43.3 Å². The van der Waals surface area contributed by atoms with Crippen molar-refractivity contribution in [1.82, 2.24) is 4.98 Å². The van der Waals surface area contributed by atoms with Gasteiger partial charge >= 0.3 is 5.97 Å². The Bertz CT molecular complexity index is 656. The van der Waals surface area contributed by atoms with Gasteiger partial charge in [0.1, 0.15) is 0 Å². The van der Waals surface area contributed by atoms with Crippen LogP contribution in [0, 0.1) is 0 Å². The first-order valence-electron chi connectivity index (χ1n) is 6.40. The van der Waals surface area contributed by atoms with E-state index in [-0.39, 0.29) is 5.69 Å². The van der Waals surface area contributed by atoms with Crippen molar-refractivity contribution in [2.24, 2.45) is 0 Å². The normalized spacial score (nSPS) is 10.0. The lowest BCUT2D eigenvalue weighted by Gasteiger charge is -2.15. The number of anilines is 4. The maximum absolute atomic E-state index is 11.6. The maximum Gasteiger partial charge on any atom is 0.340 e. The summed E-state index contributed by atoms with van der Waals surface area (Å²) in [5, 5.41) is 3.12. The zero-order chi connectivity index (χ0) is 15.4. The third-order valence-corrected chi connectivity index (χ3v) is 3.02. The van der Waals surface area contributed by atoms with Crippen LogP contribution in [0.5, 0.6) is 0 Å². The first-order chi connectivity index (χ1) is 10.0. The van der Waals surface area contributed by atoms with E-state index < -0.39 is 5.97 Å². The van der Waals surface area contributed by atoms with Crippen LogP contribution in [-0.2, 0) is 4.74 Å². The number of nitrogens with one attached hydrogen (secondary N) is 1. The molecular formula is C15H18N4O2. The molecule has 0 atom stereocenters. The summed E-state index contributed by atoms with van der Waals surface area (Å²) in [7, 11) is 5.24. The Balaban J connectivity index is 2.32. The highest BCUT2D eigenvalue weighted by Crippen LogP contribution is 2.26. The number of carbonyl (C=O) groups is 1. The van der Waals surface area contributed by atoms with Gasteiger partial charge in [-0.05, 0) is 24.3 Å². The molecule has 0 aliphatic carbocycles. The van der Waals surface area contributed by atoms with E-state index in [9.17, 15) is 4.79 Å². The average Bonchev–Trinajstić information content (AvgIpc) is 2.49. The molecule has 110 valence electrons. The fourth-order valence-electron chi connectivity index (χ4n) is 1.86. The molecule has 1 heterocycles. The Labute approximate surface area is 123 Å². The van der Waals surface area contributed by atoms with E-state index in [0.717, 1.165) is 11.4 Å². The van der Waals surface area contributed by atoms with Crippen molar-refractivity contribution in [3.8, 4) is 0 Å². The number of aromatic nitrogens is 1. The summed E-state index contributed by atoms with van der Waals surface area (Å²) < 4.78 is 4.69. The van der Waals surface area contributed by atoms with Crippen molar-refractivity contribution in [2.75, 3.05) is 37.2 Å². The van der Waals surface area contributed by atoms with Crippen LogP contribution in [0.2, 0.25) is 0 Å². The van der Waals surface area contributed by atoms with Crippen molar-refractivity contribution in [3.63, 3.8) is 0 Å². The third kappa shape index (κ3) is 3.22. The second-order valence-electron chi connectivity index (χ2n) is 4.68. The molecule has 2 aromatic rings. The molecule has 0 saturated carbocycles. The number of ether oxygens (including phenoxy) is 1. The van der Waals surface area contributed by atoms with Crippen molar-refractivity contribution in [1.29, 1.82) is 0 Å². The second kappa shape index (κ2) is 6.13. The predicted molar refractivity (Wildman–Crippen MR) is 84.0 cm³/mol. The zero-order valence-electron chi connectivity index (χ0n) is 12.3. The van der Waals surface area contributed by atoms with Gasteiger partial charge in [-0.25, -0.2) is 9.78 Å². The van der Waals surface area contributed by atoms with Gasteiger partial charge in [0.2, 0.25) is 0 Å². The Morgan fingerprint density at radius 1 is 1.33 bits per heavy atom.